The van der Waals surface area contributed by atoms with Crippen LogP contribution in [-0.4, -0.2) is 42.0 Å². The molecular weight excluding hydrogens is 382 g/mol. The molecule has 3 rings (SSSR count). The molecule has 1 aliphatic heterocycles. The summed E-state index contributed by atoms with van der Waals surface area (Å²) in [6, 6.07) is 13.5. The zero-order chi connectivity index (χ0) is 21.7. The predicted molar refractivity (Wildman–Crippen MR) is 115 cm³/mol. The molecule has 0 spiro atoms. The molecule has 2 aromatic rings. The van der Waals surface area contributed by atoms with Crippen molar-refractivity contribution in [1.82, 2.24) is 4.90 Å². The lowest BCUT2D eigenvalue weighted by Gasteiger charge is -2.25. The quantitative estimate of drug-likeness (QED) is 0.399. The molecule has 1 heterocycles. The van der Waals surface area contributed by atoms with Gasteiger partial charge in [0.05, 0.1) is 25.3 Å². The van der Waals surface area contributed by atoms with E-state index in [2.05, 4.69) is 0 Å². The first-order valence-electron chi connectivity index (χ1n) is 10.2. The van der Waals surface area contributed by atoms with Gasteiger partial charge in [0.2, 0.25) is 0 Å². The average Bonchev–Trinajstić information content (AvgIpc) is 3.03. The summed E-state index contributed by atoms with van der Waals surface area (Å²) >= 11 is 0. The SMILES string of the molecule is CCCOc1ccc(C2/C(=C(/O)c3cccc(OC)c3)C(=O)C(=O)N2CCC)cc1. The van der Waals surface area contributed by atoms with Crippen LogP contribution < -0.4 is 9.47 Å². The molecule has 0 bridgehead atoms. The van der Waals surface area contributed by atoms with Gasteiger partial charge >= 0.3 is 0 Å². The van der Waals surface area contributed by atoms with E-state index in [0.29, 0.717) is 30.9 Å². The van der Waals surface area contributed by atoms with E-state index in [-0.39, 0.29) is 11.3 Å². The van der Waals surface area contributed by atoms with Crippen molar-refractivity contribution in [2.24, 2.45) is 0 Å². The minimum absolute atomic E-state index is 0.0870. The van der Waals surface area contributed by atoms with Crippen LogP contribution in [0.3, 0.4) is 0 Å². The highest BCUT2D eigenvalue weighted by atomic mass is 16.5. The summed E-state index contributed by atoms with van der Waals surface area (Å²) in [5.74, 6) is -0.212. The topological polar surface area (TPSA) is 76.1 Å². The maximum Gasteiger partial charge on any atom is 0.295 e. The molecule has 0 radical (unpaired) electrons. The summed E-state index contributed by atoms with van der Waals surface area (Å²) in [6.45, 7) is 5.01. The smallest absolute Gasteiger partial charge is 0.295 e. The molecule has 1 aliphatic rings. The molecule has 1 saturated heterocycles. The third-order valence-electron chi connectivity index (χ3n) is 5.02. The van der Waals surface area contributed by atoms with Gasteiger partial charge in [0.1, 0.15) is 17.3 Å². The maximum atomic E-state index is 12.9. The number of amides is 1. The monoisotopic (exact) mass is 409 g/mol. The van der Waals surface area contributed by atoms with Crippen LogP contribution in [0.15, 0.2) is 54.1 Å². The number of Topliss-reactive ketones (excluding diaryl/α,β-unsaturated/α-hetero) is 1. The van der Waals surface area contributed by atoms with Gasteiger partial charge in [-0.25, -0.2) is 0 Å². The van der Waals surface area contributed by atoms with E-state index >= 15 is 0 Å². The lowest BCUT2D eigenvalue weighted by molar-refractivity contribution is -0.139. The standard InChI is InChI=1S/C24H27NO5/c1-4-13-25-21(16-9-11-18(12-10-16)30-14-5-2)20(23(27)24(25)28)22(26)17-7-6-8-19(15-17)29-3/h6-12,15,21,26H,4-5,13-14H2,1-3H3/b22-20-. The van der Waals surface area contributed by atoms with Gasteiger partial charge in [-0.15, -0.1) is 0 Å². The van der Waals surface area contributed by atoms with Crippen molar-refractivity contribution in [1.29, 1.82) is 0 Å². The lowest BCUT2D eigenvalue weighted by atomic mass is 9.95. The zero-order valence-electron chi connectivity index (χ0n) is 17.6. The van der Waals surface area contributed by atoms with Crippen LogP contribution in [0.25, 0.3) is 5.76 Å². The van der Waals surface area contributed by atoms with Crippen LogP contribution in [0.1, 0.15) is 43.9 Å². The van der Waals surface area contributed by atoms with Crippen LogP contribution in [0, 0.1) is 0 Å². The van der Waals surface area contributed by atoms with Gasteiger partial charge in [0.15, 0.2) is 0 Å². The molecule has 1 N–H and O–H groups in total. The molecule has 0 saturated carbocycles. The molecule has 30 heavy (non-hydrogen) atoms. The van der Waals surface area contributed by atoms with Gasteiger partial charge in [-0.2, -0.15) is 0 Å². The number of rotatable bonds is 8. The van der Waals surface area contributed by atoms with E-state index in [4.69, 9.17) is 9.47 Å². The molecule has 1 fully saturated rings. The summed E-state index contributed by atoms with van der Waals surface area (Å²) in [4.78, 5) is 27.1. The highest BCUT2D eigenvalue weighted by Crippen LogP contribution is 2.40. The van der Waals surface area contributed by atoms with Crippen molar-refractivity contribution in [3.05, 3.63) is 65.2 Å². The predicted octanol–water partition coefficient (Wildman–Crippen LogP) is 4.32. The van der Waals surface area contributed by atoms with Crippen molar-refractivity contribution >= 4 is 17.4 Å². The third kappa shape index (κ3) is 4.17. The number of aliphatic hydroxyl groups is 1. The van der Waals surface area contributed by atoms with Crippen LogP contribution in [0.2, 0.25) is 0 Å². The fourth-order valence-corrected chi connectivity index (χ4v) is 3.59. The molecule has 0 aliphatic carbocycles. The van der Waals surface area contributed by atoms with Crippen LogP contribution in [0.5, 0.6) is 11.5 Å². The van der Waals surface area contributed by atoms with Crippen LogP contribution >= 0.6 is 0 Å². The Morgan fingerprint density at radius 1 is 1.03 bits per heavy atom. The Morgan fingerprint density at radius 2 is 1.77 bits per heavy atom. The van der Waals surface area contributed by atoms with E-state index < -0.39 is 17.7 Å². The fraction of sp³-hybridized carbons (Fsp3) is 0.333. The van der Waals surface area contributed by atoms with Gasteiger partial charge in [0.25, 0.3) is 11.7 Å². The molecule has 1 amide bonds. The summed E-state index contributed by atoms with van der Waals surface area (Å²) in [5, 5.41) is 11.0. The molecule has 158 valence electrons. The Labute approximate surface area is 176 Å². The van der Waals surface area contributed by atoms with Crippen molar-refractivity contribution in [3.8, 4) is 11.5 Å². The second-order valence-corrected chi connectivity index (χ2v) is 7.14. The fourth-order valence-electron chi connectivity index (χ4n) is 3.59. The summed E-state index contributed by atoms with van der Waals surface area (Å²) in [6.07, 6.45) is 1.60. The molecule has 1 unspecified atom stereocenters. The molecular formula is C24H27NO5. The average molecular weight is 409 g/mol. The second kappa shape index (κ2) is 9.48. The number of ether oxygens (including phenoxy) is 2. The van der Waals surface area contributed by atoms with E-state index in [0.717, 1.165) is 17.7 Å². The first-order valence-corrected chi connectivity index (χ1v) is 10.2. The highest BCUT2D eigenvalue weighted by molar-refractivity contribution is 6.46. The van der Waals surface area contributed by atoms with E-state index in [1.54, 1.807) is 24.3 Å². The van der Waals surface area contributed by atoms with Crippen molar-refractivity contribution in [2.45, 2.75) is 32.7 Å². The Balaban J connectivity index is 2.09. The summed E-state index contributed by atoms with van der Waals surface area (Å²) < 4.78 is 10.9. The minimum atomic E-state index is -0.680. The number of carbonyl (C=O) groups excluding carboxylic acids is 2. The Hall–Kier alpha value is -3.28. The Kier molecular flexibility index (Phi) is 6.77. The largest absolute Gasteiger partial charge is 0.507 e. The minimum Gasteiger partial charge on any atom is -0.507 e. The number of likely N-dealkylation sites (tertiary alicyclic amines) is 1. The van der Waals surface area contributed by atoms with Gasteiger partial charge in [0, 0.05) is 12.1 Å². The van der Waals surface area contributed by atoms with Crippen molar-refractivity contribution in [2.75, 3.05) is 20.3 Å². The summed E-state index contributed by atoms with van der Waals surface area (Å²) in [7, 11) is 1.53. The van der Waals surface area contributed by atoms with E-state index in [9.17, 15) is 14.7 Å². The Bertz CT molecular complexity index is 948. The van der Waals surface area contributed by atoms with Crippen molar-refractivity contribution in [3.63, 3.8) is 0 Å². The number of aliphatic hydroxyl groups excluding tert-OH is 1. The van der Waals surface area contributed by atoms with Crippen LogP contribution in [0.4, 0.5) is 0 Å². The number of benzene rings is 2. The van der Waals surface area contributed by atoms with Gasteiger partial charge in [-0.1, -0.05) is 38.1 Å². The van der Waals surface area contributed by atoms with Crippen LogP contribution in [-0.2, 0) is 9.59 Å². The Morgan fingerprint density at radius 3 is 2.40 bits per heavy atom. The van der Waals surface area contributed by atoms with E-state index in [1.807, 2.05) is 38.1 Å². The number of hydrogen-bond acceptors (Lipinski definition) is 5. The number of nitrogens with zero attached hydrogens (tertiary/aromatic N) is 1. The number of methoxy groups -OCH3 is 1. The third-order valence-corrected chi connectivity index (χ3v) is 5.02. The summed E-state index contributed by atoms with van der Waals surface area (Å²) in [5.41, 5.74) is 1.26. The van der Waals surface area contributed by atoms with E-state index in [1.165, 1.54) is 12.0 Å². The lowest BCUT2D eigenvalue weighted by Crippen LogP contribution is -2.30. The van der Waals surface area contributed by atoms with Gasteiger partial charge < -0.3 is 19.5 Å². The number of hydrogen-bond donors (Lipinski definition) is 1. The number of carbonyl (C=O) groups is 2. The molecule has 2 aromatic carbocycles. The molecule has 0 aromatic heterocycles. The zero-order valence-corrected chi connectivity index (χ0v) is 17.6. The van der Waals surface area contributed by atoms with Gasteiger partial charge in [-0.05, 0) is 42.7 Å². The van der Waals surface area contributed by atoms with Crippen molar-refractivity contribution < 1.29 is 24.2 Å². The maximum absolute atomic E-state index is 12.9. The highest BCUT2D eigenvalue weighted by Gasteiger charge is 2.45. The van der Waals surface area contributed by atoms with Gasteiger partial charge in [-0.3, -0.25) is 9.59 Å². The normalized spacial score (nSPS) is 18.0. The molecule has 1 atom stereocenters. The molecule has 6 heteroatoms. The second-order valence-electron chi connectivity index (χ2n) is 7.14. The number of ketones is 1. The first-order chi connectivity index (χ1) is 14.5. The molecule has 6 nitrogen and oxygen atoms in total. The first kappa shape index (κ1) is 21.4.